The van der Waals surface area contributed by atoms with Gasteiger partial charge in [-0.25, -0.2) is 4.79 Å². The fourth-order valence-corrected chi connectivity index (χ4v) is 1.06. The molecule has 0 aliphatic rings. The number of carbonyl (C=O) groups excluding carboxylic acids is 2. The SMILES string of the molecule is CNC(=O)NC(=O)c1ccccc1C. The van der Waals surface area contributed by atoms with Gasteiger partial charge in [0, 0.05) is 12.6 Å². The summed E-state index contributed by atoms with van der Waals surface area (Å²) in [7, 11) is 1.46. The van der Waals surface area contributed by atoms with Gasteiger partial charge < -0.3 is 5.32 Å². The van der Waals surface area contributed by atoms with Crippen LogP contribution in [0.1, 0.15) is 15.9 Å². The molecule has 3 amide bonds. The number of rotatable bonds is 1. The normalized spacial score (nSPS) is 9.29. The van der Waals surface area contributed by atoms with Gasteiger partial charge in [-0.3, -0.25) is 10.1 Å². The van der Waals surface area contributed by atoms with E-state index in [1.54, 1.807) is 12.1 Å². The van der Waals surface area contributed by atoms with Gasteiger partial charge in [0.15, 0.2) is 0 Å². The Hall–Kier alpha value is -1.84. The highest BCUT2D eigenvalue weighted by atomic mass is 16.2. The van der Waals surface area contributed by atoms with E-state index in [9.17, 15) is 9.59 Å². The molecule has 0 aromatic heterocycles. The molecule has 1 aromatic carbocycles. The van der Waals surface area contributed by atoms with Crippen LogP contribution < -0.4 is 10.6 Å². The van der Waals surface area contributed by atoms with Gasteiger partial charge in [0.1, 0.15) is 0 Å². The van der Waals surface area contributed by atoms with E-state index < -0.39 is 6.03 Å². The molecule has 0 heterocycles. The van der Waals surface area contributed by atoms with Crippen molar-refractivity contribution in [1.82, 2.24) is 10.6 Å². The Morgan fingerprint density at radius 2 is 1.86 bits per heavy atom. The standard InChI is InChI=1S/C10H12N2O2/c1-7-5-3-4-6-8(7)9(13)12-10(14)11-2/h3-6H,1-2H3,(H2,11,12,13,14). The van der Waals surface area contributed by atoms with Crippen LogP contribution >= 0.6 is 0 Å². The van der Waals surface area contributed by atoms with Crippen LogP contribution in [0.3, 0.4) is 0 Å². The van der Waals surface area contributed by atoms with Crippen molar-refractivity contribution in [2.75, 3.05) is 7.05 Å². The lowest BCUT2D eigenvalue weighted by atomic mass is 10.1. The van der Waals surface area contributed by atoms with Crippen molar-refractivity contribution in [2.24, 2.45) is 0 Å². The van der Waals surface area contributed by atoms with Crippen LogP contribution in [0.15, 0.2) is 24.3 Å². The lowest BCUT2D eigenvalue weighted by molar-refractivity contribution is 0.0964. The molecule has 4 nitrogen and oxygen atoms in total. The Kier molecular flexibility index (Phi) is 3.23. The third-order valence-corrected chi connectivity index (χ3v) is 1.84. The molecule has 0 fully saturated rings. The molecule has 0 radical (unpaired) electrons. The molecular weight excluding hydrogens is 180 g/mol. The average molecular weight is 192 g/mol. The van der Waals surface area contributed by atoms with E-state index in [0.717, 1.165) is 5.56 Å². The first-order valence-electron chi connectivity index (χ1n) is 4.24. The molecule has 0 aliphatic carbocycles. The fraction of sp³-hybridized carbons (Fsp3) is 0.200. The van der Waals surface area contributed by atoms with Gasteiger partial charge in [0.25, 0.3) is 5.91 Å². The van der Waals surface area contributed by atoms with Gasteiger partial charge in [-0.15, -0.1) is 0 Å². The molecule has 0 spiro atoms. The van der Waals surface area contributed by atoms with Crippen molar-refractivity contribution in [1.29, 1.82) is 0 Å². The predicted molar refractivity (Wildman–Crippen MR) is 53.1 cm³/mol. The molecule has 0 unspecified atom stereocenters. The summed E-state index contributed by atoms with van der Waals surface area (Å²) in [5.74, 6) is -0.387. The van der Waals surface area contributed by atoms with Gasteiger partial charge in [0.05, 0.1) is 0 Å². The molecule has 14 heavy (non-hydrogen) atoms. The minimum atomic E-state index is -0.502. The summed E-state index contributed by atoms with van der Waals surface area (Å²) in [6.45, 7) is 1.82. The van der Waals surface area contributed by atoms with E-state index in [1.807, 2.05) is 19.1 Å². The van der Waals surface area contributed by atoms with E-state index in [2.05, 4.69) is 10.6 Å². The van der Waals surface area contributed by atoms with Crippen LogP contribution in [0.4, 0.5) is 4.79 Å². The summed E-state index contributed by atoms with van der Waals surface area (Å²) in [4.78, 5) is 22.3. The molecule has 74 valence electrons. The summed E-state index contributed by atoms with van der Waals surface area (Å²) >= 11 is 0. The smallest absolute Gasteiger partial charge is 0.321 e. The Morgan fingerprint density at radius 3 is 2.43 bits per heavy atom. The third-order valence-electron chi connectivity index (χ3n) is 1.84. The highest BCUT2D eigenvalue weighted by Gasteiger charge is 2.10. The van der Waals surface area contributed by atoms with E-state index in [-0.39, 0.29) is 5.91 Å². The topological polar surface area (TPSA) is 58.2 Å². The van der Waals surface area contributed by atoms with Gasteiger partial charge >= 0.3 is 6.03 Å². The maximum Gasteiger partial charge on any atom is 0.321 e. The van der Waals surface area contributed by atoms with Crippen LogP contribution in [0.2, 0.25) is 0 Å². The average Bonchev–Trinajstić information content (AvgIpc) is 2.18. The maximum absolute atomic E-state index is 11.5. The Labute approximate surface area is 82.3 Å². The number of aryl methyl sites for hydroxylation is 1. The van der Waals surface area contributed by atoms with Crippen molar-refractivity contribution in [2.45, 2.75) is 6.92 Å². The Bertz CT molecular complexity index is 361. The van der Waals surface area contributed by atoms with Gasteiger partial charge in [-0.1, -0.05) is 18.2 Å². The molecule has 0 aliphatic heterocycles. The number of urea groups is 1. The predicted octanol–water partition coefficient (Wildman–Crippen LogP) is 1.06. The number of nitrogens with one attached hydrogen (secondary N) is 2. The number of benzene rings is 1. The van der Waals surface area contributed by atoms with Crippen LogP contribution in [-0.4, -0.2) is 19.0 Å². The van der Waals surface area contributed by atoms with Crippen molar-refractivity contribution < 1.29 is 9.59 Å². The molecule has 0 saturated heterocycles. The van der Waals surface area contributed by atoms with Crippen molar-refractivity contribution in [3.8, 4) is 0 Å². The first-order chi connectivity index (χ1) is 6.65. The van der Waals surface area contributed by atoms with Crippen molar-refractivity contribution in [3.05, 3.63) is 35.4 Å². The van der Waals surface area contributed by atoms with Crippen molar-refractivity contribution >= 4 is 11.9 Å². The quantitative estimate of drug-likeness (QED) is 0.699. The molecule has 0 bridgehead atoms. The van der Waals surface area contributed by atoms with Gasteiger partial charge in [-0.2, -0.15) is 0 Å². The van der Waals surface area contributed by atoms with E-state index in [1.165, 1.54) is 7.05 Å². The summed E-state index contributed by atoms with van der Waals surface area (Å²) in [6, 6.07) is 6.59. The first kappa shape index (κ1) is 10.2. The number of amides is 3. The summed E-state index contributed by atoms with van der Waals surface area (Å²) < 4.78 is 0. The zero-order chi connectivity index (χ0) is 10.6. The minimum Gasteiger partial charge on any atom is -0.341 e. The van der Waals surface area contributed by atoms with E-state index >= 15 is 0 Å². The second kappa shape index (κ2) is 4.41. The number of imide groups is 1. The minimum absolute atomic E-state index is 0.387. The second-order valence-electron chi connectivity index (χ2n) is 2.85. The molecule has 2 N–H and O–H groups in total. The van der Waals surface area contributed by atoms with E-state index in [0.29, 0.717) is 5.56 Å². The lowest BCUT2D eigenvalue weighted by Crippen LogP contribution is -2.37. The van der Waals surface area contributed by atoms with Gasteiger partial charge in [0.2, 0.25) is 0 Å². The largest absolute Gasteiger partial charge is 0.341 e. The molecule has 0 atom stereocenters. The van der Waals surface area contributed by atoms with Crippen LogP contribution in [0.25, 0.3) is 0 Å². The first-order valence-corrected chi connectivity index (χ1v) is 4.24. The van der Waals surface area contributed by atoms with Crippen molar-refractivity contribution in [3.63, 3.8) is 0 Å². The monoisotopic (exact) mass is 192 g/mol. The molecule has 1 aromatic rings. The van der Waals surface area contributed by atoms with Crippen LogP contribution in [0.5, 0.6) is 0 Å². The summed E-state index contributed by atoms with van der Waals surface area (Å²) in [6.07, 6.45) is 0. The highest BCUT2D eigenvalue weighted by Crippen LogP contribution is 2.05. The van der Waals surface area contributed by atoms with Crippen LogP contribution in [0, 0.1) is 6.92 Å². The number of hydrogen-bond donors (Lipinski definition) is 2. The van der Waals surface area contributed by atoms with Crippen LogP contribution in [-0.2, 0) is 0 Å². The number of carbonyl (C=O) groups is 2. The molecule has 1 rings (SSSR count). The second-order valence-corrected chi connectivity index (χ2v) is 2.85. The van der Waals surface area contributed by atoms with E-state index in [4.69, 9.17) is 0 Å². The fourth-order valence-electron chi connectivity index (χ4n) is 1.06. The Morgan fingerprint density at radius 1 is 1.21 bits per heavy atom. The van der Waals surface area contributed by atoms with Gasteiger partial charge in [-0.05, 0) is 18.6 Å². The highest BCUT2D eigenvalue weighted by molar-refractivity contribution is 6.04. The molecule has 0 saturated carbocycles. The zero-order valence-corrected chi connectivity index (χ0v) is 8.13. The summed E-state index contributed by atoms with van der Waals surface area (Å²) in [5.41, 5.74) is 1.35. The molecule has 4 heteroatoms. The third kappa shape index (κ3) is 2.32. The zero-order valence-electron chi connectivity index (χ0n) is 8.13. The lowest BCUT2D eigenvalue weighted by Gasteiger charge is -2.05. The summed E-state index contributed by atoms with van der Waals surface area (Å²) in [5, 5.41) is 4.51. The Balaban J connectivity index is 2.80. The maximum atomic E-state index is 11.5. The number of hydrogen-bond acceptors (Lipinski definition) is 2. The molecular formula is C10H12N2O2.